The van der Waals surface area contributed by atoms with Crippen LogP contribution in [0.5, 0.6) is 0 Å². The summed E-state index contributed by atoms with van der Waals surface area (Å²) < 4.78 is 39.1. The van der Waals surface area contributed by atoms with Gasteiger partial charge in [0.1, 0.15) is 17.2 Å². The molecule has 3 saturated heterocycles. The number of esters is 1. The van der Waals surface area contributed by atoms with Crippen molar-refractivity contribution in [2.45, 2.75) is 116 Å². The van der Waals surface area contributed by atoms with Crippen LogP contribution in [0.3, 0.4) is 0 Å². The number of sulfone groups is 1. The lowest BCUT2D eigenvalue weighted by atomic mass is 9.84. The lowest BCUT2D eigenvalue weighted by molar-refractivity contribution is -0.158. The molecular weight excluding hydrogens is 885 g/mol. The van der Waals surface area contributed by atoms with Gasteiger partial charge in [-0.3, -0.25) is 24.4 Å². The van der Waals surface area contributed by atoms with E-state index in [-0.39, 0.29) is 36.6 Å². The molecule has 4 aromatic rings. The van der Waals surface area contributed by atoms with Gasteiger partial charge in [-0.2, -0.15) is 0 Å². The third-order valence-electron chi connectivity index (χ3n) is 13.6. The molecule has 19 heteroatoms. The predicted molar refractivity (Wildman–Crippen MR) is 253 cm³/mol. The molecule has 4 amide bonds. The fourth-order valence-electron chi connectivity index (χ4n) is 10.3. The smallest absolute Gasteiger partial charge is 0.323 e. The summed E-state index contributed by atoms with van der Waals surface area (Å²) in [7, 11) is 0.335. The standard InChI is InChI=1S/C46H62N8O8S2Si/c1-9-52-36-14-13-28-18-32(36)33(40(52)31-12-10-16-47-38(31)27(4)61-8)21-45(5,6)25-62-43(57)46(65)15-11-17-53(50-46)42(56)34(20-37-48-35(28)22-63-37)49-41(55)39(26(2)3)51(7)44(58)54-29-19-30(54)24-64(59,60)23-29/h10,12-14,16,18,22,26-27,29-30,34,39,50H,9,11,15,17,19-21,23-25H2,1-8,65H3,(H,49,55)/t27-,29?,30?,34-,39-,46-/m0/s1. The second-order valence-electron chi connectivity index (χ2n) is 19.6. The molecule has 0 radical (unpaired) electrons. The van der Waals surface area contributed by atoms with E-state index in [0.717, 1.165) is 44.7 Å². The number of cyclic esters (lactones) is 1. The van der Waals surface area contributed by atoms with E-state index in [2.05, 4.69) is 60.3 Å². The number of aryl methyl sites for hydroxylation is 1. The van der Waals surface area contributed by atoms with Gasteiger partial charge in [0.25, 0.3) is 5.91 Å². The molecular formula is C46H62N8O8S2Si. The van der Waals surface area contributed by atoms with E-state index in [1.54, 1.807) is 25.3 Å². The Bertz CT molecular complexity index is 2610. The zero-order valence-electron chi connectivity index (χ0n) is 38.8. The highest BCUT2D eigenvalue weighted by molar-refractivity contribution is 7.91. The summed E-state index contributed by atoms with van der Waals surface area (Å²) in [4.78, 5) is 70.2. The van der Waals surface area contributed by atoms with Crippen LogP contribution in [0.1, 0.15) is 83.2 Å². The molecule has 6 atom stereocenters. The summed E-state index contributed by atoms with van der Waals surface area (Å²) in [6.45, 7) is 13.1. The van der Waals surface area contributed by atoms with E-state index in [1.807, 2.05) is 32.2 Å². The Morgan fingerprint density at radius 3 is 2.58 bits per heavy atom. The normalized spacial score (nSPS) is 25.1. The number of hydrogen-bond acceptors (Lipinski definition) is 12. The Morgan fingerprint density at radius 1 is 1.15 bits per heavy atom. The number of hydrazine groups is 1. The summed E-state index contributed by atoms with van der Waals surface area (Å²) in [5, 5.41) is 6.99. The molecule has 4 aliphatic heterocycles. The number of benzene rings is 1. The fourth-order valence-corrected chi connectivity index (χ4v) is 13.8. The number of carbonyl (C=O) groups excluding carboxylic acids is 4. The number of aromatic nitrogens is 3. The Labute approximate surface area is 388 Å². The van der Waals surface area contributed by atoms with Gasteiger partial charge in [-0.25, -0.2) is 23.6 Å². The zero-order valence-corrected chi connectivity index (χ0v) is 42.5. The number of methoxy groups -OCH3 is 1. The first kappa shape index (κ1) is 46.8. The number of rotatable bonds is 8. The molecule has 65 heavy (non-hydrogen) atoms. The van der Waals surface area contributed by atoms with Gasteiger partial charge in [-0.05, 0) is 75.3 Å². The van der Waals surface area contributed by atoms with Crippen LogP contribution in [0.4, 0.5) is 4.79 Å². The molecule has 350 valence electrons. The molecule has 4 aliphatic rings. The maximum Gasteiger partial charge on any atom is 0.323 e. The summed E-state index contributed by atoms with van der Waals surface area (Å²) in [5.74, 6) is -1.91. The van der Waals surface area contributed by atoms with Crippen molar-refractivity contribution in [2.24, 2.45) is 11.3 Å². The number of hydrogen-bond donors (Lipinski definition) is 2. The number of urea groups is 1. The average molecular weight is 947 g/mol. The van der Waals surface area contributed by atoms with Crippen molar-refractivity contribution in [1.29, 1.82) is 0 Å². The molecule has 3 aromatic heterocycles. The van der Waals surface area contributed by atoms with E-state index < -0.39 is 68.4 Å². The quantitative estimate of drug-likeness (QED) is 0.193. The number of ether oxygens (including phenoxy) is 2. The molecule has 1 aromatic carbocycles. The van der Waals surface area contributed by atoms with Gasteiger partial charge in [0.2, 0.25) is 5.91 Å². The molecule has 16 nitrogen and oxygen atoms in total. The summed E-state index contributed by atoms with van der Waals surface area (Å²) in [6.07, 6.45) is 3.79. The number of carbonyl (C=O) groups is 4. The monoisotopic (exact) mass is 946 g/mol. The molecule has 8 bridgehead atoms. The third-order valence-corrected chi connectivity index (χ3v) is 17.4. The summed E-state index contributed by atoms with van der Waals surface area (Å²) >= 11 is 1.40. The largest absolute Gasteiger partial charge is 0.464 e. The number of amides is 4. The number of nitrogens with zero attached hydrogens (tertiary/aromatic N) is 6. The van der Waals surface area contributed by atoms with Crippen LogP contribution in [0.2, 0.25) is 0 Å². The first-order chi connectivity index (χ1) is 30.7. The Kier molecular flexibility index (Phi) is 12.9. The maximum atomic E-state index is 14.7. The van der Waals surface area contributed by atoms with Crippen LogP contribution in [0.25, 0.3) is 33.4 Å². The molecule has 0 saturated carbocycles. The highest BCUT2D eigenvalue weighted by Gasteiger charge is 2.52. The van der Waals surface area contributed by atoms with E-state index in [1.165, 1.54) is 21.2 Å². The van der Waals surface area contributed by atoms with Crippen molar-refractivity contribution in [3.05, 3.63) is 58.2 Å². The number of thiazole rings is 1. The van der Waals surface area contributed by atoms with Crippen molar-refractivity contribution in [3.63, 3.8) is 0 Å². The molecule has 2 N–H and O–H groups in total. The minimum absolute atomic E-state index is 0.0577. The number of likely N-dealkylation sites (tertiary alicyclic amines) is 1. The minimum Gasteiger partial charge on any atom is -0.464 e. The second-order valence-corrected chi connectivity index (χ2v) is 24.4. The van der Waals surface area contributed by atoms with Gasteiger partial charge in [0.05, 0.1) is 46.3 Å². The Balaban J connectivity index is 1.18. The average Bonchev–Trinajstić information content (AvgIpc) is 3.85. The molecule has 2 unspecified atom stereocenters. The zero-order chi connectivity index (χ0) is 46.7. The van der Waals surface area contributed by atoms with Crippen LogP contribution >= 0.6 is 11.3 Å². The molecule has 3 fully saturated rings. The van der Waals surface area contributed by atoms with Crippen molar-refractivity contribution in [1.82, 2.24) is 40.1 Å². The molecule has 7 heterocycles. The fraction of sp³-hybridized carbons (Fsp3) is 0.565. The van der Waals surface area contributed by atoms with Gasteiger partial charge in [0, 0.05) is 95.0 Å². The maximum absolute atomic E-state index is 14.7. The van der Waals surface area contributed by atoms with Gasteiger partial charge in [-0.15, -0.1) is 11.3 Å². The van der Waals surface area contributed by atoms with Crippen molar-refractivity contribution >= 4 is 66.1 Å². The van der Waals surface area contributed by atoms with Crippen LogP contribution < -0.4 is 10.7 Å². The Morgan fingerprint density at radius 2 is 1.89 bits per heavy atom. The lowest BCUT2D eigenvalue weighted by Gasteiger charge is -2.53. The summed E-state index contributed by atoms with van der Waals surface area (Å²) in [5.41, 5.74) is 9.33. The molecule has 0 aliphatic carbocycles. The van der Waals surface area contributed by atoms with Crippen molar-refractivity contribution < 1.29 is 37.1 Å². The van der Waals surface area contributed by atoms with Crippen molar-refractivity contribution in [3.8, 4) is 22.5 Å². The highest BCUT2D eigenvalue weighted by Crippen LogP contribution is 2.42. The van der Waals surface area contributed by atoms with Crippen LogP contribution in [-0.4, -0.2) is 140 Å². The Hall–Kier alpha value is -4.69. The minimum atomic E-state index is -3.24. The number of pyridine rings is 1. The third kappa shape index (κ3) is 8.98. The van der Waals surface area contributed by atoms with E-state index in [4.69, 9.17) is 19.4 Å². The number of fused-ring (bicyclic) bond motifs is 8. The number of nitrogens with one attached hydrogen (secondary N) is 2. The first-order valence-corrected chi connectivity index (χ1v) is 26.3. The summed E-state index contributed by atoms with van der Waals surface area (Å²) in [6, 6.07) is 7.04. The number of likely N-dealkylation sites (N-methyl/N-ethyl adjacent to an activating group) is 1. The van der Waals surface area contributed by atoms with Gasteiger partial charge < -0.3 is 29.2 Å². The topological polar surface area (TPSA) is 185 Å². The van der Waals surface area contributed by atoms with E-state index in [9.17, 15) is 27.6 Å². The highest BCUT2D eigenvalue weighted by atomic mass is 32.2. The van der Waals surface area contributed by atoms with Gasteiger partial charge in [0.15, 0.2) is 9.84 Å². The second kappa shape index (κ2) is 17.8. The van der Waals surface area contributed by atoms with E-state index >= 15 is 0 Å². The van der Waals surface area contributed by atoms with Crippen molar-refractivity contribution in [2.75, 3.05) is 38.8 Å². The van der Waals surface area contributed by atoms with Gasteiger partial charge >= 0.3 is 12.0 Å². The SMILES string of the molecule is CCn1c(-c2cccnc2[C@H](C)OC)c2c3cc(ccc31)-c1csc(n1)C[C@H](NC(=O)[C@H](C(C)C)N(C)C(=O)N1C3CC1CS(=O)(=O)C3)C(=O)N1CCC[C@@]([SiH3])(N1)C(=O)OCC(C)(C)C2. The van der Waals surface area contributed by atoms with Crippen LogP contribution in [0.15, 0.2) is 41.9 Å². The van der Waals surface area contributed by atoms with Crippen LogP contribution in [-0.2, 0) is 53.1 Å². The lowest BCUT2D eigenvalue weighted by Crippen LogP contribution is -2.70. The van der Waals surface area contributed by atoms with Crippen LogP contribution in [0, 0.1) is 11.3 Å². The first-order valence-electron chi connectivity index (χ1n) is 22.6. The van der Waals surface area contributed by atoms with E-state index in [0.29, 0.717) is 54.0 Å². The predicted octanol–water partition coefficient (Wildman–Crippen LogP) is 3.84. The molecule has 8 rings (SSSR count). The van der Waals surface area contributed by atoms with Gasteiger partial charge in [-0.1, -0.05) is 33.8 Å². The molecule has 0 spiro atoms.